The molecule has 2 N–H and O–H groups in total. The van der Waals surface area contributed by atoms with Gasteiger partial charge in [-0.05, 0) is 35.2 Å². The standard InChI is InChI=1S/C20H27NO3/c1-20(2,3)15-6-8-16(9-7-15)23-12-5-13-24-19-11-10-17(22-4)14-18(19)21/h6-11,14H,5,12-13,21H2,1-4H3. The number of benzene rings is 2. The van der Waals surface area contributed by atoms with E-state index in [9.17, 15) is 0 Å². The quantitative estimate of drug-likeness (QED) is 0.603. The molecular weight excluding hydrogens is 302 g/mol. The van der Waals surface area contributed by atoms with Crippen LogP contribution in [0.4, 0.5) is 5.69 Å². The van der Waals surface area contributed by atoms with E-state index in [1.54, 1.807) is 13.2 Å². The second-order valence-corrected chi connectivity index (χ2v) is 6.73. The van der Waals surface area contributed by atoms with E-state index in [0.717, 1.165) is 17.9 Å². The molecule has 0 amide bonds. The summed E-state index contributed by atoms with van der Waals surface area (Å²) in [7, 11) is 1.61. The Bertz CT molecular complexity index is 645. The van der Waals surface area contributed by atoms with E-state index in [1.807, 2.05) is 24.3 Å². The van der Waals surface area contributed by atoms with E-state index >= 15 is 0 Å². The third-order valence-electron chi connectivity index (χ3n) is 3.75. The molecular formula is C20H27NO3. The van der Waals surface area contributed by atoms with Gasteiger partial charge in [-0.15, -0.1) is 0 Å². The van der Waals surface area contributed by atoms with Crippen molar-refractivity contribution in [2.75, 3.05) is 26.1 Å². The Morgan fingerprint density at radius 3 is 2.08 bits per heavy atom. The summed E-state index contributed by atoms with van der Waals surface area (Å²) < 4.78 is 16.5. The molecule has 0 fully saturated rings. The van der Waals surface area contributed by atoms with Crippen LogP contribution in [-0.2, 0) is 5.41 Å². The molecule has 0 saturated carbocycles. The van der Waals surface area contributed by atoms with Crippen LogP contribution in [0.25, 0.3) is 0 Å². The number of nitrogen functional groups attached to an aromatic ring is 1. The predicted molar refractivity (Wildman–Crippen MR) is 98.2 cm³/mol. The van der Waals surface area contributed by atoms with Gasteiger partial charge < -0.3 is 19.9 Å². The van der Waals surface area contributed by atoms with Crippen molar-refractivity contribution in [2.24, 2.45) is 0 Å². The van der Waals surface area contributed by atoms with Crippen LogP contribution in [0.5, 0.6) is 17.2 Å². The van der Waals surface area contributed by atoms with Crippen LogP contribution < -0.4 is 19.9 Å². The van der Waals surface area contributed by atoms with Crippen LogP contribution >= 0.6 is 0 Å². The van der Waals surface area contributed by atoms with Gasteiger partial charge in [0.1, 0.15) is 17.2 Å². The Morgan fingerprint density at radius 2 is 1.50 bits per heavy atom. The minimum atomic E-state index is 0.157. The van der Waals surface area contributed by atoms with Crippen molar-refractivity contribution in [1.29, 1.82) is 0 Å². The number of ether oxygens (including phenoxy) is 3. The number of hydrogen-bond acceptors (Lipinski definition) is 4. The first-order chi connectivity index (χ1) is 11.4. The topological polar surface area (TPSA) is 53.7 Å². The fourth-order valence-corrected chi connectivity index (χ4v) is 2.27. The molecule has 0 bridgehead atoms. The van der Waals surface area contributed by atoms with Crippen molar-refractivity contribution in [3.63, 3.8) is 0 Å². The highest BCUT2D eigenvalue weighted by Gasteiger charge is 2.12. The average Bonchev–Trinajstić information content (AvgIpc) is 2.55. The third kappa shape index (κ3) is 5.08. The fraction of sp³-hybridized carbons (Fsp3) is 0.400. The molecule has 0 heterocycles. The summed E-state index contributed by atoms with van der Waals surface area (Å²) in [5.41, 5.74) is 7.95. The Morgan fingerprint density at radius 1 is 0.875 bits per heavy atom. The predicted octanol–water partition coefficient (Wildman–Crippen LogP) is 4.42. The molecule has 130 valence electrons. The van der Waals surface area contributed by atoms with Gasteiger partial charge in [0.15, 0.2) is 0 Å². The zero-order chi connectivity index (χ0) is 17.6. The molecule has 0 spiro atoms. The van der Waals surface area contributed by atoms with Gasteiger partial charge in [0, 0.05) is 12.5 Å². The minimum absolute atomic E-state index is 0.157. The zero-order valence-corrected chi connectivity index (χ0v) is 15.0. The normalized spacial score (nSPS) is 11.2. The number of anilines is 1. The van der Waals surface area contributed by atoms with Gasteiger partial charge in [-0.2, -0.15) is 0 Å². The lowest BCUT2D eigenvalue weighted by Gasteiger charge is -2.19. The molecule has 2 aromatic rings. The molecule has 2 rings (SSSR count). The lowest BCUT2D eigenvalue weighted by Crippen LogP contribution is -2.10. The van der Waals surface area contributed by atoms with E-state index in [2.05, 4.69) is 32.9 Å². The first-order valence-electron chi connectivity index (χ1n) is 8.20. The lowest BCUT2D eigenvalue weighted by molar-refractivity contribution is 0.248. The van der Waals surface area contributed by atoms with Crippen LogP contribution in [-0.4, -0.2) is 20.3 Å². The molecule has 0 aliphatic rings. The molecule has 0 saturated heterocycles. The largest absolute Gasteiger partial charge is 0.497 e. The first kappa shape index (κ1) is 18.0. The van der Waals surface area contributed by atoms with Crippen LogP contribution in [0.15, 0.2) is 42.5 Å². The number of rotatable bonds is 7. The van der Waals surface area contributed by atoms with Crippen LogP contribution in [0.3, 0.4) is 0 Å². The molecule has 2 aromatic carbocycles. The van der Waals surface area contributed by atoms with Gasteiger partial charge in [0.2, 0.25) is 0 Å². The summed E-state index contributed by atoms with van der Waals surface area (Å²) in [6.45, 7) is 7.75. The Balaban J connectivity index is 1.73. The lowest BCUT2D eigenvalue weighted by atomic mass is 9.87. The van der Waals surface area contributed by atoms with E-state index in [4.69, 9.17) is 19.9 Å². The second kappa shape index (κ2) is 7.95. The van der Waals surface area contributed by atoms with Crippen LogP contribution in [0, 0.1) is 0 Å². The maximum Gasteiger partial charge on any atom is 0.142 e. The molecule has 0 aromatic heterocycles. The third-order valence-corrected chi connectivity index (χ3v) is 3.75. The summed E-state index contributed by atoms with van der Waals surface area (Å²) in [5, 5.41) is 0. The highest BCUT2D eigenvalue weighted by atomic mass is 16.5. The highest BCUT2D eigenvalue weighted by Crippen LogP contribution is 2.26. The fourth-order valence-electron chi connectivity index (χ4n) is 2.27. The van der Waals surface area contributed by atoms with Gasteiger partial charge in [0.05, 0.1) is 26.0 Å². The summed E-state index contributed by atoms with van der Waals surface area (Å²) in [5.74, 6) is 2.28. The number of hydrogen-bond donors (Lipinski definition) is 1. The van der Waals surface area contributed by atoms with Gasteiger partial charge in [-0.3, -0.25) is 0 Å². The van der Waals surface area contributed by atoms with Gasteiger partial charge in [-0.1, -0.05) is 32.9 Å². The number of methoxy groups -OCH3 is 1. The molecule has 0 radical (unpaired) electrons. The molecule has 0 aliphatic heterocycles. The summed E-state index contributed by atoms with van der Waals surface area (Å²) in [6.07, 6.45) is 0.784. The average molecular weight is 329 g/mol. The van der Waals surface area contributed by atoms with Crippen LogP contribution in [0.2, 0.25) is 0 Å². The highest BCUT2D eigenvalue weighted by molar-refractivity contribution is 5.56. The van der Waals surface area contributed by atoms with Gasteiger partial charge in [-0.25, -0.2) is 0 Å². The van der Waals surface area contributed by atoms with Gasteiger partial charge in [0.25, 0.3) is 0 Å². The van der Waals surface area contributed by atoms with Crippen LogP contribution in [0.1, 0.15) is 32.8 Å². The van der Waals surface area contributed by atoms with Crippen molar-refractivity contribution in [3.05, 3.63) is 48.0 Å². The summed E-state index contributed by atoms with van der Waals surface area (Å²) in [6, 6.07) is 13.7. The Kier molecular flexibility index (Phi) is 5.96. The van der Waals surface area contributed by atoms with E-state index in [0.29, 0.717) is 24.7 Å². The smallest absolute Gasteiger partial charge is 0.142 e. The maximum absolute atomic E-state index is 5.92. The van der Waals surface area contributed by atoms with Crippen molar-refractivity contribution in [1.82, 2.24) is 0 Å². The Labute approximate surface area is 144 Å². The minimum Gasteiger partial charge on any atom is -0.497 e. The van der Waals surface area contributed by atoms with Crippen molar-refractivity contribution < 1.29 is 14.2 Å². The van der Waals surface area contributed by atoms with Crippen molar-refractivity contribution >= 4 is 5.69 Å². The molecule has 0 aliphatic carbocycles. The zero-order valence-electron chi connectivity index (χ0n) is 15.0. The first-order valence-corrected chi connectivity index (χ1v) is 8.20. The molecule has 0 atom stereocenters. The number of nitrogens with two attached hydrogens (primary N) is 1. The van der Waals surface area contributed by atoms with E-state index < -0.39 is 0 Å². The van der Waals surface area contributed by atoms with E-state index in [-0.39, 0.29) is 5.41 Å². The molecule has 4 heteroatoms. The second-order valence-electron chi connectivity index (χ2n) is 6.73. The Hall–Kier alpha value is -2.36. The monoisotopic (exact) mass is 329 g/mol. The maximum atomic E-state index is 5.92. The van der Waals surface area contributed by atoms with Gasteiger partial charge >= 0.3 is 0 Å². The summed E-state index contributed by atoms with van der Waals surface area (Å²) in [4.78, 5) is 0. The van der Waals surface area contributed by atoms with Crippen molar-refractivity contribution in [2.45, 2.75) is 32.6 Å². The van der Waals surface area contributed by atoms with E-state index in [1.165, 1.54) is 5.56 Å². The van der Waals surface area contributed by atoms with Crippen molar-refractivity contribution in [3.8, 4) is 17.2 Å². The molecule has 4 nitrogen and oxygen atoms in total. The summed E-state index contributed by atoms with van der Waals surface area (Å²) >= 11 is 0. The SMILES string of the molecule is COc1ccc(OCCCOc2ccc(C(C)(C)C)cc2)c(N)c1. The molecule has 24 heavy (non-hydrogen) atoms. The molecule has 0 unspecified atom stereocenters.